The van der Waals surface area contributed by atoms with Gasteiger partial charge in [-0.1, -0.05) is 5.16 Å². The summed E-state index contributed by atoms with van der Waals surface area (Å²) >= 11 is 0. The Labute approximate surface area is 170 Å². The summed E-state index contributed by atoms with van der Waals surface area (Å²) in [6.45, 7) is 5.11. The number of aryl methyl sites for hydroxylation is 2. The largest absolute Gasteiger partial charge is 0.493 e. The van der Waals surface area contributed by atoms with E-state index in [-0.39, 0.29) is 17.9 Å². The lowest BCUT2D eigenvalue weighted by atomic mass is 9.97. The number of rotatable bonds is 4. The Morgan fingerprint density at radius 3 is 2.93 bits per heavy atom. The molecule has 1 saturated heterocycles. The Hall–Kier alpha value is -2.83. The number of fused-ring (bicyclic) bond motifs is 2. The molecule has 2 aliphatic rings. The molecule has 0 unspecified atom stereocenters. The zero-order valence-corrected chi connectivity index (χ0v) is 17.0. The van der Waals surface area contributed by atoms with Gasteiger partial charge in [0.25, 0.3) is 5.91 Å². The second-order valence-corrected chi connectivity index (χ2v) is 7.85. The van der Waals surface area contributed by atoms with E-state index in [2.05, 4.69) is 10.5 Å². The van der Waals surface area contributed by atoms with Crippen LogP contribution in [0.4, 0.5) is 5.69 Å². The minimum absolute atomic E-state index is 0.00350. The van der Waals surface area contributed by atoms with Crippen LogP contribution in [0, 0.1) is 13.8 Å². The predicted octanol–water partition coefficient (Wildman–Crippen LogP) is 3.64. The van der Waals surface area contributed by atoms with E-state index in [1.165, 1.54) is 0 Å². The molecule has 4 rings (SSSR count). The number of hydrogen-bond acceptors (Lipinski definition) is 5. The maximum absolute atomic E-state index is 13.1. The molecule has 2 amide bonds. The third-order valence-corrected chi connectivity index (χ3v) is 5.87. The van der Waals surface area contributed by atoms with Crippen LogP contribution in [0.3, 0.4) is 0 Å². The second kappa shape index (κ2) is 8.27. The molecule has 1 aromatic carbocycles. The van der Waals surface area contributed by atoms with Crippen molar-refractivity contribution >= 4 is 17.5 Å². The second-order valence-electron chi connectivity index (χ2n) is 7.85. The Bertz CT molecular complexity index is 901. The normalized spacial score (nSPS) is 18.9. The molecule has 1 fully saturated rings. The lowest BCUT2D eigenvalue weighted by Gasteiger charge is -2.37. The van der Waals surface area contributed by atoms with Gasteiger partial charge >= 0.3 is 0 Å². The van der Waals surface area contributed by atoms with Gasteiger partial charge in [-0.3, -0.25) is 9.59 Å². The number of ether oxygens (including phenoxy) is 1. The fourth-order valence-electron chi connectivity index (χ4n) is 4.25. The summed E-state index contributed by atoms with van der Waals surface area (Å²) < 4.78 is 11.0. The van der Waals surface area contributed by atoms with Crippen LogP contribution in [-0.2, 0) is 11.2 Å². The summed E-state index contributed by atoms with van der Waals surface area (Å²) in [4.78, 5) is 27.6. The van der Waals surface area contributed by atoms with Gasteiger partial charge in [0.15, 0.2) is 0 Å². The summed E-state index contributed by atoms with van der Waals surface area (Å²) in [7, 11) is 0. The van der Waals surface area contributed by atoms with Crippen molar-refractivity contribution in [1.82, 2.24) is 10.1 Å². The molecule has 0 bridgehead atoms. The third-order valence-electron chi connectivity index (χ3n) is 5.87. The number of carbonyl (C=O) groups excluding carboxylic acids is 2. The average Bonchev–Trinajstić information content (AvgIpc) is 3.03. The molecule has 1 aromatic heterocycles. The first-order valence-electron chi connectivity index (χ1n) is 10.3. The van der Waals surface area contributed by atoms with Crippen molar-refractivity contribution in [3.8, 4) is 5.75 Å². The number of aromatic nitrogens is 1. The van der Waals surface area contributed by atoms with Crippen LogP contribution in [0.1, 0.15) is 59.5 Å². The van der Waals surface area contributed by atoms with Crippen LogP contribution in [0.25, 0.3) is 0 Å². The first-order chi connectivity index (χ1) is 14.0. The number of nitrogens with one attached hydrogen (secondary N) is 1. The van der Waals surface area contributed by atoms with Crippen molar-refractivity contribution in [2.75, 3.05) is 18.5 Å². The highest BCUT2D eigenvalue weighted by molar-refractivity contribution is 6.00. The van der Waals surface area contributed by atoms with Gasteiger partial charge < -0.3 is 19.5 Å². The average molecular weight is 397 g/mol. The molecule has 0 aliphatic carbocycles. The number of benzene rings is 1. The van der Waals surface area contributed by atoms with Gasteiger partial charge in [-0.2, -0.15) is 0 Å². The topological polar surface area (TPSA) is 84.7 Å². The number of piperidine rings is 1. The molecule has 7 heteroatoms. The maximum Gasteiger partial charge on any atom is 0.257 e. The van der Waals surface area contributed by atoms with E-state index in [1.807, 2.05) is 18.7 Å². The van der Waals surface area contributed by atoms with E-state index in [1.54, 1.807) is 18.2 Å². The van der Waals surface area contributed by atoms with Gasteiger partial charge in [0, 0.05) is 36.7 Å². The molecule has 2 aliphatic heterocycles. The smallest absolute Gasteiger partial charge is 0.257 e. The molecule has 29 heavy (non-hydrogen) atoms. The Balaban J connectivity index is 1.47. The fraction of sp³-hybridized carbons (Fsp3) is 0.500. The third kappa shape index (κ3) is 4.13. The molecule has 3 heterocycles. The van der Waals surface area contributed by atoms with Gasteiger partial charge in [-0.15, -0.1) is 0 Å². The van der Waals surface area contributed by atoms with Crippen molar-refractivity contribution in [3.63, 3.8) is 0 Å². The highest BCUT2D eigenvalue weighted by Gasteiger charge is 2.31. The molecule has 0 spiro atoms. The quantitative estimate of drug-likeness (QED) is 0.851. The first kappa shape index (κ1) is 19.5. The van der Waals surface area contributed by atoms with E-state index in [4.69, 9.17) is 9.26 Å². The molecule has 0 saturated carbocycles. The van der Waals surface area contributed by atoms with Crippen LogP contribution < -0.4 is 10.1 Å². The molecule has 154 valence electrons. The monoisotopic (exact) mass is 397 g/mol. The lowest BCUT2D eigenvalue weighted by molar-refractivity contribution is -0.116. The molecule has 1 N–H and O–H groups in total. The summed E-state index contributed by atoms with van der Waals surface area (Å²) in [5.74, 6) is 1.22. The maximum atomic E-state index is 13.1. The van der Waals surface area contributed by atoms with Gasteiger partial charge in [0.05, 0.1) is 17.9 Å². The van der Waals surface area contributed by atoms with E-state index in [0.29, 0.717) is 36.4 Å². The van der Waals surface area contributed by atoms with Crippen LogP contribution >= 0.6 is 0 Å². The molecular formula is C22H27N3O4. The van der Waals surface area contributed by atoms with Gasteiger partial charge in [0.1, 0.15) is 11.5 Å². The SMILES string of the molecule is Cc1noc(C)c1CCC(=O)Nc1ccc2c(c1)C(=O)N1CCCC[C@H]1CCO2. The Kier molecular flexibility index (Phi) is 5.56. The van der Waals surface area contributed by atoms with Gasteiger partial charge in [0.2, 0.25) is 5.91 Å². The molecule has 1 atom stereocenters. The minimum atomic E-state index is -0.111. The summed E-state index contributed by atoms with van der Waals surface area (Å²) in [6.07, 6.45) is 4.97. The van der Waals surface area contributed by atoms with Crippen LogP contribution in [-0.4, -0.2) is 41.1 Å². The van der Waals surface area contributed by atoms with Crippen molar-refractivity contribution in [1.29, 1.82) is 0 Å². The van der Waals surface area contributed by atoms with Gasteiger partial charge in [-0.05, 0) is 57.7 Å². The van der Waals surface area contributed by atoms with Gasteiger partial charge in [-0.25, -0.2) is 0 Å². The molecule has 7 nitrogen and oxygen atoms in total. The fourth-order valence-corrected chi connectivity index (χ4v) is 4.25. The van der Waals surface area contributed by atoms with E-state index in [0.717, 1.165) is 49.2 Å². The predicted molar refractivity (Wildman–Crippen MR) is 108 cm³/mol. The zero-order chi connectivity index (χ0) is 20.4. The first-order valence-corrected chi connectivity index (χ1v) is 10.3. The Morgan fingerprint density at radius 2 is 2.14 bits per heavy atom. The molecular weight excluding hydrogens is 370 g/mol. The molecule has 2 aromatic rings. The van der Waals surface area contributed by atoms with Crippen molar-refractivity contribution in [2.45, 2.75) is 58.4 Å². The van der Waals surface area contributed by atoms with E-state index in [9.17, 15) is 9.59 Å². The van der Waals surface area contributed by atoms with E-state index < -0.39 is 0 Å². The van der Waals surface area contributed by atoms with Crippen molar-refractivity contribution < 1.29 is 18.8 Å². The van der Waals surface area contributed by atoms with Crippen molar-refractivity contribution in [3.05, 3.63) is 40.8 Å². The number of carbonyl (C=O) groups is 2. The molecule has 0 radical (unpaired) electrons. The highest BCUT2D eigenvalue weighted by atomic mass is 16.5. The standard InChI is InChI=1S/C22H27N3O4/c1-14-18(15(2)29-24-14)7-9-21(26)23-16-6-8-20-19(13-16)22(27)25-11-4-3-5-17(25)10-12-28-20/h6,8,13,17H,3-5,7,9-12H2,1-2H3,(H,23,26)/t17-/m0/s1. The van der Waals surface area contributed by atoms with Crippen LogP contribution in [0.5, 0.6) is 5.75 Å². The number of nitrogens with zero attached hydrogens (tertiary/aromatic N) is 2. The van der Waals surface area contributed by atoms with E-state index >= 15 is 0 Å². The van der Waals surface area contributed by atoms with Crippen LogP contribution in [0.2, 0.25) is 0 Å². The minimum Gasteiger partial charge on any atom is -0.493 e. The number of anilines is 1. The lowest BCUT2D eigenvalue weighted by Crippen LogP contribution is -2.45. The summed E-state index contributed by atoms with van der Waals surface area (Å²) in [5, 5.41) is 6.83. The summed E-state index contributed by atoms with van der Waals surface area (Å²) in [5.41, 5.74) is 2.92. The number of amides is 2. The zero-order valence-electron chi connectivity index (χ0n) is 17.0. The Morgan fingerprint density at radius 1 is 1.28 bits per heavy atom. The highest BCUT2D eigenvalue weighted by Crippen LogP contribution is 2.31. The van der Waals surface area contributed by atoms with Crippen LogP contribution in [0.15, 0.2) is 22.7 Å². The van der Waals surface area contributed by atoms with Crippen molar-refractivity contribution in [2.24, 2.45) is 0 Å². The summed E-state index contributed by atoms with van der Waals surface area (Å²) in [6, 6.07) is 5.55. The number of hydrogen-bond donors (Lipinski definition) is 1.